The number of aliphatic hydroxyl groups excluding tert-OH is 2. The largest absolute Gasteiger partial charge is 0.491 e. The average Bonchev–Trinajstić information content (AvgIpc) is 3.01. The number of hydrogen-bond donors (Lipinski definition) is 2. The number of pyridine rings is 2. The topological polar surface area (TPSA) is 97.7 Å². The number of β-amino-alcohol motifs (C(OH)–C–C–N with tert-alkyl or cyclic N) is 2. The van der Waals surface area contributed by atoms with Crippen LogP contribution in [-0.4, -0.2) is 121 Å². The first-order valence-electron chi connectivity index (χ1n) is 14.1. The fraction of sp³-hybridized carbons (Fsp3) is 0.467. The monoisotopic (exact) mass is 548 g/mol. The third-order valence-corrected chi connectivity index (χ3v) is 7.34. The Morgan fingerprint density at radius 1 is 0.575 bits per heavy atom. The Morgan fingerprint density at radius 2 is 0.975 bits per heavy atom. The summed E-state index contributed by atoms with van der Waals surface area (Å²) in [5.74, 6) is 3.36. The minimum absolute atomic E-state index is 0.229. The van der Waals surface area contributed by atoms with Crippen molar-refractivity contribution < 1.29 is 19.7 Å². The maximum atomic E-state index is 10.5. The van der Waals surface area contributed by atoms with Gasteiger partial charge in [0.2, 0.25) is 0 Å². The molecule has 0 aliphatic carbocycles. The van der Waals surface area contributed by atoms with Gasteiger partial charge in [0.1, 0.15) is 48.6 Å². The molecule has 0 saturated carbocycles. The molecule has 4 heterocycles. The van der Waals surface area contributed by atoms with Gasteiger partial charge in [-0.2, -0.15) is 0 Å². The van der Waals surface area contributed by atoms with Crippen molar-refractivity contribution >= 4 is 11.6 Å². The molecule has 2 unspecified atom stereocenters. The number of rotatable bonds is 12. The summed E-state index contributed by atoms with van der Waals surface area (Å²) in [5, 5.41) is 21.0. The second kappa shape index (κ2) is 14.3. The van der Waals surface area contributed by atoms with Crippen LogP contribution in [0.25, 0.3) is 0 Å². The number of piperazine rings is 2. The molecule has 5 rings (SSSR count). The van der Waals surface area contributed by atoms with E-state index in [0.29, 0.717) is 24.6 Å². The van der Waals surface area contributed by atoms with Crippen LogP contribution >= 0.6 is 0 Å². The summed E-state index contributed by atoms with van der Waals surface area (Å²) in [5.41, 5.74) is 0. The van der Waals surface area contributed by atoms with Gasteiger partial charge in [-0.1, -0.05) is 12.1 Å². The highest BCUT2D eigenvalue weighted by Gasteiger charge is 2.21. The molecule has 40 heavy (non-hydrogen) atoms. The predicted molar refractivity (Wildman–Crippen MR) is 155 cm³/mol. The summed E-state index contributed by atoms with van der Waals surface area (Å²) in [7, 11) is 0. The van der Waals surface area contributed by atoms with Crippen molar-refractivity contribution in [1.82, 2.24) is 19.8 Å². The third-order valence-electron chi connectivity index (χ3n) is 7.34. The van der Waals surface area contributed by atoms with Gasteiger partial charge in [0, 0.05) is 77.8 Å². The van der Waals surface area contributed by atoms with Crippen LogP contribution in [0, 0.1) is 0 Å². The zero-order valence-electron chi connectivity index (χ0n) is 23.0. The van der Waals surface area contributed by atoms with Crippen LogP contribution in [0.4, 0.5) is 11.6 Å². The number of ether oxygens (including phenoxy) is 2. The molecule has 10 nitrogen and oxygen atoms in total. The van der Waals surface area contributed by atoms with Crippen LogP contribution < -0.4 is 19.3 Å². The summed E-state index contributed by atoms with van der Waals surface area (Å²) >= 11 is 0. The lowest BCUT2D eigenvalue weighted by molar-refractivity contribution is 0.0649. The van der Waals surface area contributed by atoms with Crippen LogP contribution in [-0.2, 0) is 0 Å². The molecule has 10 heteroatoms. The minimum Gasteiger partial charge on any atom is -0.491 e. The predicted octanol–water partition coefficient (Wildman–Crippen LogP) is 1.60. The molecule has 3 aromatic rings. The quantitative estimate of drug-likeness (QED) is 0.347. The standard InChI is InChI=1S/C30H40N6O4/c37-25(21-33-13-17-35(18-14-33)29-5-1-3-11-31-29)23-39-27-7-9-28(10-8-27)40-24-26(38)22-34-15-19-36(20-16-34)30-6-2-4-12-32-30/h1-12,25-26,37-38H,13-24H2. The van der Waals surface area contributed by atoms with E-state index in [-0.39, 0.29) is 13.2 Å². The summed E-state index contributed by atoms with van der Waals surface area (Å²) in [6.45, 7) is 8.71. The summed E-state index contributed by atoms with van der Waals surface area (Å²) in [4.78, 5) is 17.9. The fourth-order valence-electron chi connectivity index (χ4n) is 5.12. The molecule has 2 fully saturated rings. The van der Waals surface area contributed by atoms with E-state index < -0.39 is 12.2 Å². The highest BCUT2D eigenvalue weighted by molar-refractivity contribution is 5.39. The number of anilines is 2. The molecule has 2 aliphatic heterocycles. The maximum absolute atomic E-state index is 10.5. The van der Waals surface area contributed by atoms with E-state index in [0.717, 1.165) is 64.0 Å². The van der Waals surface area contributed by atoms with Crippen LogP contribution in [0.5, 0.6) is 11.5 Å². The van der Waals surface area contributed by atoms with E-state index >= 15 is 0 Å². The summed E-state index contributed by atoms with van der Waals surface area (Å²) in [6, 6.07) is 19.3. The van der Waals surface area contributed by atoms with Gasteiger partial charge >= 0.3 is 0 Å². The Bertz CT molecular complexity index is 1030. The Morgan fingerprint density at radius 3 is 1.32 bits per heavy atom. The Labute approximate surface area is 236 Å². The van der Waals surface area contributed by atoms with Crippen LogP contribution in [0.2, 0.25) is 0 Å². The van der Waals surface area contributed by atoms with Crippen molar-refractivity contribution in [2.45, 2.75) is 12.2 Å². The average molecular weight is 549 g/mol. The van der Waals surface area contributed by atoms with Crippen molar-refractivity contribution in [3.8, 4) is 11.5 Å². The molecule has 214 valence electrons. The first kappa shape index (κ1) is 28.1. The lowest BCUT2D eigenvalue weighted by Crippen LogP contribution is -2.49. The molecule has 1 aromatic carbocycles. The van der Waals surface area contributed by atoms with Gasteiger partial charge in [-0.25, -0.2) is 9.97 Å². The number of benzene rings is 1. The van der Waals surface area contributed by atoms with Gasteiger partial charge in [0.15, 0.2) is 0 Å². The van der Waals surface area contributed by atoms with Crippen LogP contribution in [0.15, 0.2) is 73.1 Å². The van der Waals surface area contributed by atoms with Gasteiger partial charge in [-0.15, -0.1) is 0 Å². The second-order valence-corrected chi connectivity index (χ2v) is 10.4. The van der Waals surface area contributed by atoms with E-state index in [2.05, 4.69) is 29.6 Å². The van der Waals surface area contributed by atoms with Gasteiger partial charge in [-0.05, 0) is 48.5 Å². The highest BCUT2D eigenvalue weighted by atomic mass is 16.5. The molecular formula is C30H40N6O4. The number of nitrogens with zero attached hydrogens (tertiary/aromatic N) is 6. The molecule has 2 atom stereocenters. The molecule has 0 bridgehead atoms. The van der Waals surface area contributed by atoms with Crippen molar-refractivity contribution in [1.29, 1.82) is 0 Å². The Hall–Kier alpha value is -3.44. The Balaban J connectivity index is 0.952. The van der Waals surface area contributed by atoms with Gasteiger partial charge in [-0.3, -0.25) is 9.80 Å². The molecular weight excluding hydrogens is 508 g/mol. The molecule has 0 radical (unpaired) electrons. The molecule has 2 N–H and O–H groups in total. The summed E-state index contributed by atoms with van der Waals surface area (Å²) in [6.07, 6.45) is 2.50. The second-order valence-electron chi connectivity index (χ2n) is 10.4. The SMILES string of the molecule is OC(COc1ccc(OCC(O)CN2CCN(c3ccccn3)CC2)cc1)CN1CCN(c2ccccn2)CC1. The zero-order chi connectivity index (χ0) is 27.6. The van der Waals surface area contributed by atoms with E-state index in [1.54, 1.807) is 0 Å². The number of aromatic nitrogens is 2. The van der Waals surface area contributed by atoms with E-state index in [1.807, 2.05) is 73.1 Å². The summed E-state index contributed by atoms with van der Waals surface area (Å²) < 4.78 is 11.6. The van der Waals surface area contributed by atoms with Crippen LogP contribution in [0.3, 0.4) is 0 Å². The van der Waals surface area contributed by atoms with Gasteiger partial charge in [0.25, 0.3) is 0 Å². The molecule has 2 aromatic heterocycles. The molecule has 2 aliphatic rings. The molecule has 0 amide bonds. The molecule has 2 saturated heterocycles. The highest BCUT2D eigenvalue weighted by Crippen LogP contribution is 2.19. The van der Waals surface area contributed by atoms with Crippen molar-refractivity contribution in [2.75, 3.05) is 88.5 Å². The maximum Gasteiger partial charge on any atom is 0.128 e. The normalized spacial score (nSPS) is 18.4. The lowest BCUT2D eigenvalue weighted by Gasteiger charge is -2.36. The molecule has 0 spiro atoms. The minimum atomic E-state index is -0.571. The number of aliphatic hydroxyl groups is 2. The van der Waals surface area contributed by atoms with Crippen molar-refractivity contribution in [3.63, 3.8) is 0 Å². The van der Waals surface area contributed by atoms with Crippen molar-refractivity contribution in [3.05, 3.63) is 73.1 Å². The zero-order valence-corrected chi connectivity index (χ0v) is 23.0. The van der Waals surface area contributed by atoms with E-state index in [9.17, 15) is 10.2 Å². The fourth-order valence-corrected chi connectivity index (χ4v) is 5.12. The van der Waals surface area contributed by atoms with Gasteiger partial charge < -0.3 is 29.5 Å². The first-order chi connectivity index (χ1) is 19.6. The first-order valence-corrected chi connectivity index (χ1v) is 14.1. The van der Waals surface area contributed by atoms with Gasteiger partial charge in [0.05, 0.1) is 0 Å². The van der Waals surface area contributed by atoms with Crippen molar-refractivity contribution in [2.24, 2.45) is 0 Å². The number of hydrogen-bond acceptors (Lipinski definition) is 10. The smallest absolute Gasteiger partial charge is 0.128 e. The van der Waals surface area contributed by atoms with E-state index in [4.69, 9.17) is 9.47 Å². The lowest BCUT2D eigenvalue weighted by atomic mass is 10.2. The Kier molecular flexibility index (Phi) is 10.0. The van der Waals surface area contributed by atoms with E-state index in [1.165, 1.54) is 0 Å². The third kappa shape index (κ3) is 8.28. The van der Waals surface area contributed by atoms with Crippen LogP contribution in [0.1, 0.15) is 0 Å².